The van der Waals surface area contributed by atoms with Gasteiger partial charge in [-0.25, -0.2) is 9.79 Å². The standard InChI is InChI=1S/C20H27ClN2O/c21-17-12-7-13-18(14-17)22-20(24)23-19(15-8-3-1-4-9-15)16-10-5-2-6-11-16/h7,12-16H,1-6,8-11H2,(H,22,24). The third-order valence-electron chi connectivity index (χ3n) is 5.35. The van der Waals surface area contributed by atoms with Gasteiger partial charge in [0.05, 0.1) is 0 Å². The molecule has 2 fully saturated rings. The Morgan fingerprint density at radius 1 is 0.958 bits per heavy atom. The molecule has 4 heteroatoms. The molecule has 3 rings (SSSR count). The molecule has 2 aliphatic rings. The van der Waals surface area contributed by atoms with Crippen molar-refractivity contribution in [2.75, 3.05) is 5.32 Å². The number of anilines is 1. The van der Waals surface area contributed by atoms with Gasteiger partial charge in [0.15, 0.2) is 0 Å². The monoisotopic (exact) mass is 346 g/mol. The summed E-state index contributed by atoms with van der Waals surface area (Å²) < 4.78 is 0. The van der Waals surface area contributed by atoms with Gasteiger partial charge in [0.1, 0.15) is 0 Å². The zero-order valence-corrected chi connectivity index (χ0v) is 15.0. The molecule has 130 valence electrons. The Morgan fingerprint density at radius 2 is 1.54 bits per heavy atom. The van der Waals surface area contributed by atoms with Gasteiger partial charge in [-0.2, -0.15) is 0 Å². The van der Waals surface area contributed by atoms with Gasteiger partial charge in [0.2, 0.25) is 0 Å². The zero-order valence-electron chi connectivity index (χ0n) is 14.3. The van der Waals surface area contributed by atoms with E-state index in [1.807, 2.05) is 12.1 Å². The van der Waals surface area contributed by atoms with Crippen molar-refractivity contribution in [1.82, 2.24) is 0 Å². The first-order chi connectivity index (χ1) is 11.7. The fourth-order valence-corrected chi connectivity index (χ4v) is 4.34. The molecular weight excluding hydrogens is 320 g/mol. The highest BCUT2D eigenvalue weighted by Crippen LogP contribution is 2.33. The van der Waals surface area contributed by atoms with E-state index in [1.165, 1.54) is 69.9 Å². The summed E-state index contributed by atoms with van der Waals surface area (Å²) in [6, 6.07) is 7.00. The number of urea groups is 1. The molecule has 0 spiro atoms. The van der Waals surface area contributed by atoms with Crippen molar-refractivity contribution >= 4 is 29.0 Å². The summed E-state index contributed by atoms with van der Waals surface area (Å²) in [5.74, 6) is 1.01. The summed E-state index contributed by atoms with van der Waals surface area (Å²) in [6.45, 7) is 0. The van der Waals surface area contributed by atoms with Crippen LogP contribution in [0.5, 0.6) is 0 Å². The van der Waals surface area contributed by atoms with Crippen molar-refractivity contribution in [2.24, 2.45) is 16.8 Å². The molecule has 1 aromatic rings. The molecule has 24 heavy (non-hydrogen) atoms. The van der Waals surface area contributed by atoms with Crippen LogP contribution in [-0.2, 0) is 0 Å². The predicted molar refractivity (Wildman–Crippen MR) is 101 cm³/mol. The third-order valence-corrected chi connectivity index (χ3v) is 5.59. The van der Waals surface area contributed by atoms with Gasteiger partial charge >= 0.3 is 6.03 Å². The summed E-state index contributed by atoms with van der Waals surface area (Å²) >= 11 is 5.99. The Labute approximate surface area is 149 Å². The molecular formula is C20H27ClN2O. The van der Waals surface area contributed by atoms with Crippen LogP contribution in [-0.4, -0.2) is 11.7 Å². The van der Waals surface area contributed by atoms with Crippen molar-refractivity contribution in [1.29, 1.82) is 0 Å². The molecule has 3 nitrogen and oxygen atoms in total. The Balaban J connectivity index is 1.74. The molecule has 0 atom stereocenters. The molecule has 0 heterocycles. The lowest BCUT2D eigenvalue weighted by Crippen LogP contribution is -2.29. The number of benzene rings is 1. The van der Waals surface area contributed by atoms with Gasteiger partial charge in [-0.15, -0.1) is 0 Å². The van der Waals surface area contributed by atoms with Crippen LogP contribution in [0.3, 0.4) is 0 Å². The van der Waals surface area contributed by atoms with E-state index in [2.05, 4.69) is 10.3 Å². The zero-order chi connectivity index (χ0) is 16.8. The van der Waals surface area contributed by atoms with E-state index in [0.29, 0.717) is 22.5 Å². The van der Waals surface area contributed by atoms with Gasteiger partial charge in [-0.05, 0) is 55.7 Å². The molecule has 2 aliphatic carbocycles. The minimum atomic E-state index is -0.247. The van der Waals surface area contributed by atoms with Crippen molar-refractivity contribution in [3.05, 3.63) is 29.3 Å². The Morgan fingerprint density at radius 3 is 2.08 bits per heavy atom. The van der Waals surface area contributed by atoms with Crippen molar-refractivity contribution in [2.45, 2.75) is 64.2 Å². The van der Waals surface area contributed by atoms with E-state index in [4.69, 9.17) is 11.6 Å². The van der Waals surface area contributed by atoms with Gasteiger partial charge in [0.25, 0.3) is 0 Å². The average Bonchev–Trinajstić information content (AvgIpc) is 2.61. The number of halogens is 1. The van der Waals surface area contributed by atoms with Gasteiger partial charge in [0, 0.05) is 16.4 Å². The van der Waals surface area contributed by atoms with Crippen LogP contribution in [0.25, 0.3) is 0 Å². The molecule has 2 amide bonds. The number of hydrogen-bond donors (Lipinski definition) is 1. The molecule has 0 unspecified atom stereocenters. The predicted octanol–water partition coefficient (Wildman–Crippen LogP) is 6.47. The van der Waals surface area contributed by atoms with Gasteiger partial charge in [-0.3, -0.25) is 0 Å². The lowest BCUT2D eigenvalue weighted by molar-refractivity contribution is 0.259. The SMILES string of the molecule is O=C(N=C(C1CCCCC1)C1CCCCC1)Nc1cccc(Cl)c1. The number of rotatable bonds is 3. The van der Waals surface area contributed by atoms with Crippen molar-refractivity contribution in [3.63, 3.8) is 0 Å². The first-order valence-corrected chi connectivity index (χ1v) is 9.75. The van der Waals surface area contributed by atoms with E-state index >= 15 is 0 Å². The quantitative estimate of drug-likeness (QED) is 0.625. The Hall–Kier alpha value is -1.35. The number of hydrogen-bond acceptors (Lipinski definition) is 1. The minimum absolute atomic E-state index is 0.247. The number of aliphatic imine (C=N–C) groups is 1. The lowest BCUT2D eigenvalue weighted by Gasteiger charge is -2.31. The largest absolute Gasteiger partial charge is 0.345 e. The summed E-state index contributed by atoms with van der Waals surface area (Å²) in [6.07, 6.45) is 12.5. The van der Waals surface area contributed by atoms with Crippen LogP contribution in [0, 0.1) is 11.8 Å². The smallest absolute Gasteiger partial charge is 0.306 e. The maximum Gasteiger partial charge on any atom is 0.345 e. The van der Waals surface area contributed by atoms with E-state index in [1.54, 1.807) is 12.1 Å². The fourth-order valence-electron chi connectivity index (χ4n) is 4.15. The van der Waals surface area contributed by atoms with Crippen LogP contribution in [0.4, 0.5) is 10.5 Å². The number of nitrogens with zero attached hydrogens (tertiary/aromatic N) is 1. The van der Waals surface area contributed by atoms with Crippen LogP contribution in [0.15, 0.2) is 29.3 Å². The molecule has 0 radical (unpaired) electrons. The molecule has 0 bridgehead atoms. The molecule has 0 aromatic heterocycles. The summed E-state index contributed by atoms with van der Waals surface area (Å²) in [7, 11) is 0. The first kappa shape index (κ1) is 17.5. The van der Waals surface area contributed by atoms with Crippen molar-refractivity contribution < 1.29 is 4.79 Å². The molecule has 1 N–H and O–H groups in total. The second-order valence-corrected chi connectivity index (χ2v) is 7.58. The number of carbonyl (C=O) groups excluding carboxylic acids is 1. The molecule has 1 aromatic carbocycles. The van der Waals surface area contributed by atoms with Crippen LogP contribution in [0.2, 0.25) is 5.02 Å². The van der Waals surface area contributed by atoms with E-state index in [-0.39, 0.29) is 6.03 Å². The highest BCUT2D eigenvalue weighted by Gasteiger charge is 2.28. The normalized spacial score (nSPS) is 19.7. The van der Waals surface area contributed by atoms with E-state index in [0.717, 1.165) is 0 Å². The van der Waals surface area contributed by atoms with Crippen LogP contribution >= 0.6 is 11.6 Å². The Kier molecular flexibility index (Phi) is 6.30. The van der Waals surface area contributed by atoms with E-state index < -0.39 is 0 Å². The summed E-state index contributed by atoms with van der Waals surface area (Å²) in [4.78, 5) is 17.1. The average molecular weight is 347 g/mol. The molecule has 0 saturated heterocycles. The number of amides is 2. The second-order valence-electron chi connectivity index (χ2n) is 7.15. The highest BCUT2D eigenvalue weighted by molar-refractivity contribution is 6.30. The summed E-state index contributed by atoms with van der Waals surface area (Å²) in [5.41, 5.74) is 1.89. The number of nitrogens with one attached hydrogen (secondary N) is 1. The maximum absolute atomic E-state index is 12.5. The fraction of sp³-hybridized carbons (Fsp3) is 0.600. The van der Waals surface area contributed by atoms with Crippen LogP contribution < -0.4 is 5.32 Å². The summed E-state index contributed by atoms with van der Waals surface area (Å²) in [5, 5.41) is 3.50. The van der Waals surface area contributed by atoms with Crippen molar-refractivity contribution in [3.8, 4) is 0 Å². The Bertz CT molecular complexity index is 567. The number of carbonyl (C=O) groups is 1. The minimum Gasteiger partial charge on any atom is -0.306 e. The van der Waals surface area contributed by atoms with Gasteiger partial charge in [-0.1, -0.05) is 56.2 Å². The van der Waals surface area contributed by atoms with E-state index in [9.17, 15) is 4.79 Å². The topological polar surface area (TPSA) is 41.5 Å². The second kappa shape index (κ2) is 8.66. The molecule has 2 saturated carbocycles. The molecule has 0 aliphatic heterocycles. The first-order valence-electron chi connectivity index (χ1n) is 9.37. The highest BCUT2D eigenvalue weighted by atomic mass is 35.5. The maximum atomic E-state index is 12.5. The van der Waals surface area contributed by atoms with Crippen LogP contribution in [0.1, 0.15) is 64.2 Å². The third kappa shape index (κ3) is 4.83. The lowest BCUT2D eigenvalue weighted by atomic mass is 9.76. The van der Waals surface area contributed by atoms with Gasteiger partial charge < -0.3 is 5.32 Å².